The summed E-state index contributed by atoms with van der Waals surface area (Å²) in [5.74, 6) is 0.872. The number of halogens is 1. The van der Waals surface area contributed by atoms with Crippen molar-refractivity contribution >= 4 is 29.9 Å². The highest BCUT2D eigenvalue weighted by molar-refractivity contribution is 14.0. The average molecular weight is 427 g/mol. The van der Waals surface area contributed by atoms with Gasteiger partial charge in [-0.15, -0.1) is 24.0 Å². The Morgan fingerprint density at radius 2 is 2.04 bits per heavy atom. The molecular formula is C17H26IN5. The van der Waals surface area contributed by atoms with Crippen molar-refractivity contribution in [3.05, 3.63) is 48.5 Å². The summed E-state index contributed by atoms with van der Waals surface area (Å²) in [5, 5.41) is 6.65. The second kappa shape index (κ2) is 11.0. The molecule has 2 aromatic rings. The van der Waals surface area contributed by atoms with E-state index in [2.05, 4.69) is 46.6 Å². The molecule has 0 bridgehead atoms. The van der Waals surface area contributed by atoms with E-state index in [1.807, 2.05) is 29.2 Å². The van der Waals surface area contributed by atoms with Crippen molar-refractivity contribution in [1.29, 1.82) is 0 Å². The fraction of sp³-hybridized carbons (Fsp3) is 0.412. The topological polar surface area (TPSA) is 54.2 Å². The van der Waals surface area contributed by atoms with E-state index in [0.717, 1.165) is 31.2 Å². The normalized spacial score (nSPS) is 11.0. The molecule has 0 saturated heterocycles. The van der Waals surface area contributed by atoms with Gasteiger partial charge in [-0.05, 0) is 25.0 Å². The average Bonchev–Trinajstić information content (AvgIpc) is 3.07. The molecule has 0 aliphatic rings. The molecule has 0 fully saturated rings. The minimum Gasteiger partial charge on any atom is -0.357 e. The number of nitrogens with zero attached hydrogens (tertiary/aromatic N) is 3. The third-order valence-corrected chi connectivity index (χ3v) is 3.35. The van der Waals surface area contributed by atoms with Gasteiger partial charge >= 0.3 is 0 Å². The van der Waals surface area contributed by atoms with E-state index in [1.165, 1.54) is 12.0 Å². The molecule has 0 amide bonds. The third-order valence-electron chi connectivity index (χ3n) is 3.35. The molecule has 5 nitrogen and oxygen atoms in total. The fourth-order valence-electron chi connectivity index (χ4n) is 2.19. The quantitative estimate of drug-likeness (QED) is 0.309. The molecule has 0 unspecified atom stereocenters. The number of guanidine groups is 1. The Balaban J connectivity index is 0.00000264. The smallest absolute Gasteiger partial charge is 0.191 e. The van der Waals surface area contributed by atoms with E-state index in [0.29, 0.717) is 6.54 Å². The molecule has 6 heteroatoms. The number of hydrogen-bond acceptors (Lipinski definition) is 2. The second-order valence-corrected chi connectivity index (χ2v) is 5.07. The van der Waals surface area contributed by atoms with Crippen LogP contribution in [0.5, 0.6) is 0 Å². The Hall–Kier alpha value is -1.57. The van der Waals surface area contributed by atoms with Gasteiger partial charge < -0.3 is 15.2 Å². The van der Waals surface area contributed by atoms with Gasteiger partial charge in [-0.3, -0.25) is 0 Å². The maximum Gasteiger partial charge on any atom is 0.191 e. The monoisotopic (exact) mass is 427 g/mol. The Morgan fingerprint density at radius 3 is 2.74 bits per heavy atom. The highest BCUT2D eigenvalue weighted by Gasteiger charge is 2.03. The predicted octanol–water partition coefficient (Wildman–Crippen LogP) is 3.35. The van der Waals surface area contributed by atoms with E-state index in [9.17, 15) is 0 Å². The maximum atomic E-state index is 4.69. The van der Waals surface area contributed by atoms with E-state index in [-0.39, 0.29) is 24.0 Å². The molecular weight excluding hydrogens is 401 g/mol. The van der Waals surface area contributed by atoms with Gasteiger partial charge in [-0.1, -0.05) is 31.5 Å². The number of aromatic nitrogens is 2. The van der Waals surface area contributed by atoms with E-state index in [1.54, 1.807) is 6.20 Å². The standard InChI is InChI=1S/C17H25N5.HI/c1-3-5-10-20-17(19-4-2)21-13-15-8-6-7-9-16(15)22-12-11-18-14-22;/h6-9,11-12,14H,3-5,10,13H2,1-2H3,(H2,19,20,21);1H. The lowest BCUT2D eigenvalue weighted by atomic mass is 10.2. The summed E-state index contributed by atoms with van der Waals surface area (Å²) in [6, 6.07) is 8.27. The van der Waals surface area contributed by atoms with Gasteiger partial charge in [0.1, 0.15) is 0 Å². The van der Waals surface area contributed by atoms with E-state index in [4.69, 9.17) is 0 Å². The van der Waals surface area contributed by atoms with Crippen LogP contribution in [0.25, 0.3) is 5.69 Å². The minimum atomic E-state index is 0. The van der Waals surface area contributed by atoms with Crippen molar-refractivity contribution in [1.82, 2.24) is 20.2 Å². The zero-order valence-electron chi connectivity index (χ0n) is 13.8. The van der Waals surface area contributed by atoms with Crippen molar-refractivity contribution in [2.45, 2.75) is 33.2 Å². The van der Waals surface area contributed by atoms with Gasteiger partial charge in [0.15, 0.2) is 5.96 Å². The minimum absolute atomic E-state index is 0. The van der Waals surface area contributed by atoms with Gasteiger partial charge in [0.25, 0.3) is 0 Å². The lowest BCUT2D eigenvalue weighted by molar-refractivity contribution is 0.730. The van der Waals surface area contributed by atoms with Gasteiger partial charge in [0, 0.05) is 25.5 Å². The van der Waals surface area contributed by atoms with Gasteiger partial charge in [0.05, 0.1) is 18.6 Å². The number of aliphatic imine (C=N–C) groups is 1. The second-order valence-electron chi connectivity index (χ2n) is 5.07. The van der Waals surface area contributed by atoms with Gasteiger partial charge in [-0.2, -0.15) is 0 Å². The van der Waals surface area contributed by atoms with Crippen LogP contribution in [0.1, 0.15) is 32.3 Å². The highest BCUT2D eigenvalue weighted by atomic mass is 127. The highest BCUT2D eigenvalue weighted by Crippen LogP contribution is 2.14. The Bertz CT molecular complexity index is 580. The van der Waals surface area contributed by atoms with Crippen LogP contribution in [0, 0.1) is 0 Å². The summed E-state index contributed by atoms with van der Waals surface area (Å²) < 4.78 is 2.02. The lowest BCUT2D eigenvalue weighted by Gasteiger charge is -2.12. The summed E-state index contributed by atoms with van der Waals surface area (Å²) in [4.78, 5) is 8.80. The molecule has 1 aromatic heterocycles. The van der Waals surface area contributed by atoms with Crippen molar-refractivity contribution in [2.75, 3.05) is 13.1 Å². The molecule has 2 rings (SSSR count). The van der Waals surface area contributed by atoms with Gasteiger partial charge in [-0.25, -0.2) is 9.98 Å². The molecule has 1 heterocycles. The molecule has 23 heavy (non-hydrogen) atoms. The molecule has 2 N–H and O–H groups in total. The number of imidazole rings is 1. The Morgan fingerprint density at radius 1 is 1.22 bits per heavy atom. The van der Waals surface area contributed by atoms with Crippen molar-refractivity contribution < 1.29 is 0 Å². The zero-order chi connectivity index (χ0) is 15.6. The molecule has 1 aromatic carbocycles. The molecule has 0 radical (unpaired) electrons. The fourth-order valence-corrected chi connectivity index (χ4v) is 2.19. The van der Waals surface area contributed by atoms with Crippen LogP contribution in [-0.4, -0.2) is 28.6 Å². The van der Waals surface area contributed by atoms with Crippen LogP contribution in [0.3, 0.4) is 0 Å². The first-order valence-electron chi connectivity index (χ1n) is 7.93. The summed E-state index contributed by atoms with van der Waals surface area (Å²) >= 11 is 0. The third kappa shape index (κ3) is 6.21. The Kier molecular flexibility index (Phi) is 9.35. The van der Waals surface area contributed by atoms with Crippen LogP contribution < -0.4 is 10.6 Å². The molecule has 0 atom stereocenters. The SMILES string of the molecule is CCCCNC(=NCc1ccccc1-n1ccnc1)NCC.I. The van der Waals surface area contributed by atoms with Crippen LogP contribution in [0.2, 0.25) is 0 Å². The molecule has 0 saturated carbocycles. The summed E-state index contributed by atoms with van der Waals surface area (Å²) in [7, 11) is 0. The molecule has 0 aliphatic heterocycles. The largest absolute Gasteiger partial charge is 0.357 e. The summed E-state index contributed by atoms with van der Waals surface area (Å²) in [6.45, 7) is 6.71. The van der Waals surface area contributed by atoms with Crippen LogP contribution in [-0.2, 0) is 6.54 Å². The van der Waals surface area contributed by atoms with E-state index >= 15 is 0 Å². The first kappa shape index (κ1) is 19.5. The summed E-state index contributed by atoms with van der Waals surface area (Å²) in [5.41, 5.74) is 2.29. The van der Waals surface area contributed by atoms with Crippen molar-refractivity contribution in [3.8, 4) is 5.69 Å². The number of rotatable bonds is 7. The predicted molar refractivity (Wildman–Crippen MR) is 107 cm³/mol. The molecule has 126 valence electrons. The number of unbranched alkanes of at least 4 members (excludes halogenated alkanes) is 1. The number of hydrogen-bond donors (Lipinski definition) is 2. The van der Waals surface area contributed by atoms with E-state index < -0.39 is 0 Å². The Labute approximate surface area is 155 Å². The zero-order valence-corrected chi connectivity index (χ0v) is 16.2. The summed E-state index contributed by atoms with van der Waals surface area (Å²) in [6.07, 6.45) is 7.88. The van der Waals surface area contributed by atoms with Crippen LogP contribution in [0.15, 0.2) is 48.0 Å². The maximum absolute atomic E-state index is 4.69. The number of nitrogens with one attached hydrogen (secondary N) is 2. The molecule has 0 spiro atoms. The van der Waals surface area contributed by atoms with Crippen molar-refractivity contribution in [3.63, 3.8) is 0 Å². The lowest BCUT2D eigenvalue weighted by Crippen LogP contribution is -2.37. The van der Waals surface area contributed by atoms with Crippen LogP contribution >= 0.6 is 24.0 Å². The molecule has 0 aliphatic carbocycles. The number of para-hydroxylation sites is 1. The first-order chi connectivity index (χ1) is 10.8. The van der Waals surface area contributed by atoms with Crippen LogP contribution in [0.4, 0.5) is 0 Å². The van der Waals surface area contributed by atoms with Crippen molar-refractivity contribution in [2.24, 2.45) is 4.99 Å². The first-order valence-corrected chi connectivity index (χ1v) is 7.93. The van der Waals surface area contributed by atoms with Gasteiger partial charge in [0.2, 0.25) is 0 Å². The number of benzene rings is 1.